The van der Waals surface area contributed by atoms with Gasteiger partial charge < -0.3 is 9.88 Å². The summed E-state index contributed by atoms with van der Waals surface area (Å²) >= 11 is 5.94. The summed E-state index contributed by atoms with van der Waals surface area (Å²) in [7, 11) is 0. The molecule has 144 valence electrons. The van der Waals surface area contributed by atoms with Crippen molar-refractivity contribution < 1.29 is 22.4 Å². The Morgan fingerprint density at radius 3 is 2.43 bits per heavy atom. The molecule has 0 saturated carbocycles. The first kappa shape index (κ1) is 19.6. The van der Waals surface area contributed by atoms with Gasteiger partial charge in [0.25, 0.3) is 11.5 Å². The topological polar surface area (TPSA) is 51.1 Å². The molecular weight excluding hydrogens is 400 g/mol. The number of anilines is 1. The van der Waals surface area contributed by atoms with Gasteiger partial charge in [0, 0.05) is 22.8 Å². The third-order valence-corrected chi connectivity index (χ3v) is 4.27. The second-order valence-corrected chi connectivity index (χ2v) is 6.17. The number of benzene rings is 2. The number of carbonyl (C=O) groups is 1. The van der Waals surface area contributed by atoms with Crippen LogP contribution in [0.25, 0.3) is 0 Å². The standard InChI is InChI=1S/C19H11ClF4N2O2/c20-12-2-1-3-13(21)11(12)9-26-8-10(4-7-16(26)27)19(28)25-15-6-5-14(22)17(23)18(15)24/h1-8H,9H2,(H,25,28). The summed E-state index contributed by atoms with van der Waals surface area (Å²) in [6, 6.07) is 7.78. The van der Waals surface area contributed by atoms with E-state index in [0.29, 0.717) is 6.07 Å². The fourth-order valence-electron chi connectivity index (χ4n) is 2.46. The minimum absolute atomic E-state index is 0.0514. The lowest BCUT2D eigenvalue weighted by Gasteiger charge is -2.11. The maximum absolute atomic E-state index is 13.9. The van der Waals surface area contributed by atoms with Gasteiger partial charge in [-0.1, -0.05) is 17.7 Å². The van der Waals surface area contributed by atoms with Gasteiger partial charge in [-0.25, -0.2) is 17.6 Å². The first-order valence-electron chi connectivity index (χ1n) is 7.86. The van der Waals surface area contributed by atoms with Crippen molar-refractivity contribution >= 4 is 23.2 Å². The third kappa shape index (κ3) is 3.91. The van der Waals surface area contributed by atoms with Crippen molar-refractivity contribution in [2.75, 3.05) is 5.32 Å². The lowest BCUT2D eigenvalue weighted by molar-refractivity contribution is 0.102. The number of carbonyl (C=O) groups excluding carboxylic acids is 1. The fraction of sp³-hybridized carbons (Fsp3) is 0.0526. The molecule has 0 aliphatic heterocycles. The van der Waals surface area contributed by atoms with Crippen LogP contribution in [-0.2, 0) is 6.54 Å². The summed E-state index contributed by atoms with van der Waals surface area (Å²) in [6.07, 6.45) is 1.12. The first-order valence-corrected chi connectivity index (χ1v) is 8.24. The van der Waals surface area contributed by atoms with Crippen LogP contribution in [0, 0.1) is 23.3 Å². The van der Waals surface area contributed by atoms with Crippen molar-refractivity contribution in [2.24, 2.45) is 0 Å². The summed E-state index contributed by atoms with van der Waals surface area (Å²) in [5, 5.41) is 2.19. The largest absolute Gasteiger partial charge is 0.319 e. The molecule has 0 bridgehead atoms. The van der Waals surface area contributed by atoms with Crippen LogP contribution in [0.5, 0.6) is 0 Å². The molecule has 0 saturated heterocycles. The number of aromatic nitrogens is 1. The second kappa shape index (κ2) is 7.85. The molecule has 0 aliphatic carbocycles. The van der Waals surface area contributed by atoms with Crippen molar-refractivity contribution in [3.63, 3.8) is 0 Å². The molecular formula is C19H11ClF4N2O2. The molecule has 28 heavy (non-hydrogen) atoms. The van der Waals surface area contributed by atoms with Gasteiger partial charge in [-0.15, -0.1) is 0 Å². The molecule has 1 heterocycles. The molecule has 9 heteroatoms. The summed E-state index contributed by atoms with van der Waals surface area (Å²) < 4.78 is 55.0. The SMILES string of the molecule is O=C(Nc1ccc(F)c(F)c1F)c1ccc(=O)n(Cc2c(F)cccc2Cl)c1. The molecule has 2 aromatic carbocycles. The predicted octanol–water partition coefficient (Wildman–Crippen LogP) is 4.36. The van der Waals surface area contributed by atoms with E-state index in [-0.39, 0.29) is 22.7 Å². The molecule has 4 nitrogen and oxygen atoms in total. The Hall–Kier alpha value is -3.13. The Morgan fingerprint density at radius 2 is 1.71 bits per heavy atom. The lowest BCUT2D eigenvalue weighted by atomic mass is 10.2. The molecule has 1 amide bonds. The number of amides is 1. The van der Waals surface area contributed by atoms with Crippen LogP contribution in [-0.4, -0.2) is 10.5 Å². The van der Waals surface area contributed by atoms with Crippen LogP contribution in [0.2, 0.25) is 5.02 Å². The van der Waals surface area contributed by atoms with Gasteiger partial charge in [-0.3, -0.25) is 9.59 Å². The molecule has 0 atom stereocenters. The molecule has 1 aromatic heterocycles. The number of halogens is 5. The van der Waals surface area contributed by atoms with E-state index in [4.69, 9.17) is 11.6 Å². The van der Waals surface area contributed by atoms with Gasteiger partial charge >= 0.3 is 0 Å². The van der Waals surface area contributed by atoms with Crippen molar-refractivity contribution in [3.8, 4) is 0 Å². The van der Waals surface area contributed by atoms with Crippen molar-refractivity contribution in [2.45, 2.75) is 6.54 Å². The zero-order chi connectivity index (χ0) is 20.4. The number of pyridine rings is 1. The highest BCUT2D eigenvalue weighted by atomic mass is 35.5. The summed E-state index contributed by atoms with van der Waals surface area (Å²) in [5.41, 5.74) is -1.14. The highest BCUT2D eigenvalue weighted by molar-refractivity contribution is 6.31. The number of hydrogen-bond acceptors (Lipinski definition) is 2. The average molecular weight is 411 g/mol. The van der Waals surface area contributed by atoms with E-state index in [0.717, 1.165) is 29.0 Å². The van der Waals surface area contributed by atoms with E-state index >= 15 is 0 Å². The molecule has 1 N–H and O–H groups in total. The van der Waals surface area contributed by atoms with E-state index in [9.17, 15) is 27.2 Å². The van der Waals surface area contributed by atoms with Gasteiger partial charge in [0.1, 0.15) is 5.82 Å². The van der Waals surface area contributed by atoms with Crippen LogP contribution >= 0.6 is 11.6 Å². The Balaban J connectivity index is 1.90. The number of nitrogens with zero attached hydrogens (tertiary/aromatic N) is 1. The molecule has 0 unspecified atom stereocenters. The average Bonchev–Trinajstić information content (AvgIpc) is 2.66. The van der Waals surface area contributed by atoms with Gasteiger partial charge in [0.05, 0.1) is 17.8 Å². The predicted molar refractivity (Wildman–Crippen MR) is 95.5 cm³/mol. The third-order valence-electron chi connectivity index (χ3n) is 3.92. The number of nitrogens with one attached hydrogen (secondary N) is 1. The molecule has 3 aromatic rings. The van der Waals surface area contributed by atoms with Crippen LogP contribution in [0.4, 0.5) is 23.2 Å². The molecule has 0 spiro atoms. The van der Waals surface area contributed by atoms with Crippen molar-refractivity contribution in [1.29, 1.82) is 0 Å². The summed E-state index contributed by atoms with van der Waals surface area (Å²) in [6.45, 7) is -0.245. The highest BCUT2D eigenvalue weighted by Crippen LogP contribution is 2.21. The zero-order valence-electron chi connectivity index (χ0n) is 14.0. The van der Waals surface area contributed by atoms with Gasteiger partial charge in [-0.05, 0) is 30.3 Å². The van der Waals surface area contributed by atoms with Gasteiger partial charge in [0.15, 0.2) is 17.5 Å². The normalized spacial score (nSPS) is 10.8. The molecule has 3 rings (SSSR count). The van der Waals surface area contributed by atoms with E-state index in [2.05, 4.69) is 5.32 Å². The van der Waals surface area contributed by atoms with Crippen LogP contribution < -0.4 is 10.9 Å². The van der Waals surface area contributed by atoms with E-state index in [1.54, 1.807) is 0 Å². The zero-order valence-corrected chi connectivity index (χ0v) is 14.7. The minimum Gasteiger partial charge on any atom is -0.319 e. The van der Waals surface area contributed by atoms with Crippen LogP contribution in [0.1, 0.15) is 15.9 Å². The number of hydrogen-bond donors (Lipinski definition) is 1. The smallest absolute Gasteiger partial charge is 0.257 e. The Morgan fingerprint density at radius 1 is 0.964 bits per heavy atom. The Labute approximate surface area is 161 Å². The summed E-state index contributed by atoms with van der Waals surface area (Å²) in [4.78, 5) is 24.3. The van der Waals surface area contributed by atoms with E-state index in [1.807, 2.05) is 0 Å². The second-order valence-electron chi connectivity index (χ2n) is 5.76. The minimum atomic E-state index is -1.73. The number of rotatable bonds is 4. The van der Waals surface area contributed by atoms with Crippen molar-refractivity contribution in [1.82, 2.24) is 4.57 Å². The van der Waals surface area contributed by atoms with Crippen LogP contribution in [0.3, 0.4) is 0 Å². The van der Waals surface area contributed by atoms with Crippen LogP contribution in [0.15, 0.2) is 53.5 Å². The quantitative estimate of drug-likeness (QED) is 0.513. The highest BCUT2D eigenvalue weighted by Gasteiger charge is 2.17. The summed E-state index contributed by atoms with van der Waals surface area (Å²) in [5.74, 6) is -6.18. The molecule has 0 fully saturated rings. The van der Waals surface area contributed by atoms with E-state index < -0.39 is 40.4 Å². The molecule has 0 aliphatic rings. The van der Waals surface area contributed by atoms with E-state index in [1.165, 1.54) is 18.2 Å². The monoisotopic (exact) mass is 410 g/mol. The van der Waals surface area contributed by atoms with Crippen molar-refractivity contribution in [3.05, 3.63) is 98.4 Å². The van der Waals surface area contributed by atoms with Gasteiger partial charge in [-0.2, -0.15) is 0 Å². The Bertz CT molecular complexity index is 1110. The first-order chi connectivity index (χ1) is 13.3. The lowest BCUT2D eigenvalue weighted by Crippen LogP contribution is -2.23. The van der Waals surface area contributed by atoms with Gasteiger partial charge in [0.2, 0.25) is 0 Å². The maximum atomic E-state index is 13.9. The maximum Gasteiger partial charge on any atom is 0.257 e. The Kier molecular flexibility index (Phi) is 5.51. The molecule has 0 radical (unpaired) electrons. The fourth-order valence-corrected chi connectivity index (χ4v) is 2.68.